The lowest BCUT2D eigenvalue weighted by Crippen LogP contribution is -1.87. The Morgan fingerprint density at radius 3 is 2.52 bits per heavy atom. The van der Waals surface area contributed by atoms with E-state index in [1.54, 1.807) is 0 Å². The van der Waals surface area contributed by atoms with Gasteiger partial charge in [0.25, 0.3) is 0 Å². The van der Waals surface area contributed by atoms with E-state index in [2.05, 4.69) is 72.6 Å². The van der Waals surface area contributed by atoms with Gasteiger partial charge in [-0.2, -0.15) is 0 Å². The number of aromatic nitrogens is 2. The van der Waals surface area contributed by atoms with E-state index >= 15 is 0 Å². The van der Waals surface area contributed by atoms with Crippen molar-refractivity contribution in [3.8, 4) is 22.5 Å². The van der Waals surface area contributed by atoms with Crippen molar-refractivity contribution in [3.63, 3.8) is 0 Å². The molecule has 1 aliphatic rings. The predicted octanol–water partition coefficient (Wildman–Crippen LogP) is 5.11. The zero-order valence-corrected chi connectivity index (χ0v) is 12.9. The summed E-state index contributed by atoms with van der Waals surface area (Å²) in [6, 6.07) is 21.5. The fourth-order valence-electron chi connectivity index (χ4n) is 3.69. The van der Waals surface area contributed by atoms with Crippen LogP contribution >= 0.6 is 0 Å². The number of fused-ring (bicyclic) bond motifs is 4. The Kier molecular flexibility index (Phi) is 2.51. The minimum atomic E-state index is 0.961. The highest BCUT2D eigenvalue weighted by Gasteiger charge is 2.22. The number of benzene rings is 3. The second-order valence-electron chi connectivity index (χ2n) is 6.23. The first-order valence-electron chi connectivity index (χ1n) is 7.97. The molecule has 4 aromatic rings. The topological polar surface area (TPSA) is 28.7 Å². The number of nitrogens with one attached hydrogen (secondary N) is 1. The summed E-state index contributed by atoms with van der Waals surface area (Å²) in [7, 11) is 0. The van der Waals surface area contributed by atoms with Gasteiger partial charge in [0, 0.05) is 5.56 Å². The quantitative estimate of drug-likeness (QED) is 0.457. The van der Waals surface area contributed by atoms with E-state index in [9.17, 15) is 0 Å². The lowest BCUT2D eigenvalue weighted by atomic mass is 9.99. The monoisotopic (exact) mass is 296 g/mol. The second kappa shape index (κ2) is 4.56. The van der Waals surface area contributed by atoms with Crippen molar-refractivity contribution in [3.05, 3.63) is 77.4 Å². The molecule has 2 heteroatoms. The summed E-state index contributed by atoms with van der Waals surface area (Å²) in [5.74, 6) is 0.961. The molecule has 1 aliphatic carbocycles. The molecule has 1 N–H and O–H groups in total. The summed E-state index contributed by atoms with van der Waals surface area (Å²) in [5, 5.41) is 0. The van der Waals surface area contributed by atoms with Gasteiger partial charge in [0.2, 0.25) is 0 Å². The van der Waals surface area contributed by atoms with Crippen LogP contribution < -0.4 is 0 Å². The molecule has 1 aromatic heterocycles. The first kappa shape index (κ1) is 12.7. The van der Waals surface area contributed by atoms with Crippen molar-refractivity contribution in [2.45, 2.75) is 13.3 Å². The maximum absolute atomic E-state index is 4.88. The van der Waals surface area contributed by atoms with Gasteiger partial charge < -0.3 is 4.98 Å². The van der Waals surface area contributed by atoms with Gasteiger partial charge in [-0.1, -0.05) is 54.6 Å². The van der Waals surface area contributed by atoms with E-state index in [-0.39, 0.29) is 0 Å². The maximum Gasteiger partial charge on any atom is 0.139 e. The molecule has 0 aliphatic heterocycles. The first-order valence-corrected chi connectivity index (χ1v) is 7.97. The fraction of sp³-hybridized carbons (Fsp3) is 0.0952. The van der Waals surface area contributed by atoms with Crippen molar-refractivity contribution in [2.24, 2.45) is 0 Å². The smallest absolute Gasteiger partial charge is 0.139 e. The van der Waals surface area contributed by atoms with Crippen molar-refractivity contribution < 1.29 is 0 Å². The molecule has 1 heterocycles. The van der Waals surface area contributed by atoms with E-state index in [1.807, 2.05) is 0 Å². The molecule has 2 nitrogen and oxygen atoms in total. The zero-order valence-electron chi connectivity index (χ0n) is 12.9. The minimum Gasteiger partial charge on any atom is -0.338 e. The van der Waals surface area contributed by atoms with Crippen molar-refractivity contribution in [1.29, 1.82) is 0 Å². The van der Waals surface area contributed by atoms with Crippen LogP contribution in [-0.4, -0.2) is 9.97 Å². The lowest BCUT2D eigenvalue weighted by Gasteiger charge is -2.07. The predicted molar refractivity (Wildman–Crippen MR) is 94.5 cm³/mol. The molecule has 0 saturated heterocycles. The third-order valence-corrected chi connectivity index (χ3v) is 4.79. The SMILES string of the molecule is Cc1cccc2[nH]c(-c3cccc4c3-c3ccccc3C4)nc12. The number of imidazole rings is 1. The Labute approximate surface area is 134 Å². The molecule has 3 aromatic carbocycles. The van der Waals surface area contributed by atoms with Crippen LogP contribution in [0.1, 0.15) is 16.7 Å². The van der Waals surface area contributed by atoms with Crippen LogP contribution in [0.4, 0.5) is 0 Å². The molecule has 0 spiro atoms. The van der Waals surface area contributed by atoms with Gasteiger partial charge in [-0.3, -0.25) is 0 Å². The Hall–Kier alpha value is -2.87. The molecule has 0 unspecified atom stereocenters. The Morgan fingerprint density at radius 1 is 0.826 bits per heavy atom. The highest BCUT2D eigenvalue weighted by molar-refractivity contribution is 5.91. The molecule has 110 valence electrons. The van der Waals surface area contributed by atoms with Gasteiger partial charge in [-0.05, 0) is 47.2 Å². The average Bonchev–Trinajstić information content (AvgIpc) is 3.16. The molecule has 0 bridgehead atoms. The van der Waals surface area contributed by atoms with Crippen molar-refractivity contribution in [1.82, 2.24) is 9.97 Å². The molecular formula is C21H16N2. The fourth-order valence-corrected chi connectivity index (χ4v) is 3.69. The second-order valence-corrected chi connectivity index (χ2v) is 6.23. The zero-order chi connectivity index (χ0) is 15.4. The molecule has 0 radical (unpaired) electrons. The van der Waals surface area contributed by atoms with Gasteiger partial charge >= 0.3 is 0 Å². The highest BCUT2D eigenvalue weighted by atomic mass is 14.9. The van der Waals surface area contributed by atoms with Crippen LogP contribution in [0.25, 0.3) is 33.5 Å². The molecule has 0 amide bonds. The third-order valence-electron chi connectivity index (χ3n) is 4.79. The summed E-state index contributed by atoms with van der Waals surface area (Å²) in [5.41, 5.74) is 10.0. The third kappa shape index (κ3) is 1.78. The first-order chi connectivity index (χ1) is 11.3. The minimum absolute atomic E-state index is 0.961. The summed E-state index contributed by atoms with van der Waals surface area (Å²) in [6.07, 6.45) is 1.01. The number of aryl methyl sites for hydroxylation is 1. The van der Waals surface area contributed by atoms with Crippen LogP contribution in [0.15, 0.2) is 60.7 Å². The molecular weight excluding hydrogens is 280 g/mol. The van der Waals surface area contributed by atoms with Crippen molar-refractivity contribution in [2.75, 3.05) is 0 Å². The van der Waals surface area contributed by atoms with Crippen LogP contribution in [-0.2, 0) is 6.42 Å². The van der Waals surface area contributed by atoms with Gasteiger partial charge in [0.15, 0.2) is 0 Å². The number of aromatic amines is 1. The van der Waals surface area contributed by atoms with E-state index in [1.165, 1.54) is 33.4 Å². The van der Waals surface area contributed by atoms with Crippen LogP contribution in [0.2, 0.25) is 0 Å². The largest absolute Gasteiger partial charge is 0.338 e. The number of rotatable bonds is 1. The summed E-state index contributed by atoms with van der Waals surface area (Å²) >= 11 is 0. The van der Waals surface area contributed by atoms with Gasteiger partial charge in [-0.25, -0.2) is 4.98 Å². The average molecular weight is 296 g/mol. The van der Waals surface area contributed by atoms with E-state index in [0.29, 0.717) is 0 Å². The number of nitrogens with zero attached hydrogens (tertiary/aromatic N) is 1. The Bertz CT molecular complexity index is 1060. The summed E-state index contributed by atoms with van der Waals surface area (Å²) in [4.78, 5) is 8.38. The van der Waals surface area contributed by atoms with E-state index in [4.69, 9.17) is 4.98 Å². The number of hydrogen-bond donors (Lipinski definition) is 1. The Morgan fingerprint density at radius 2 is 1.61 bits per heavy atom. The van der Waals surface area contributed by atoms with E-state index < -0.39 is 0 Å². The number of hydrogen-bond acceptors (Lipinski definition) is 1. The normalized spacial score (nSPS) is 12.4. The molecule has 23 heavy (non-hydrogen) atoms. The lowest BCUT2D eigenvalue weighted by molar-refractivity contribution is 1.26. The maximum atomic E-state index is 4.88. The summed E-state index contributed by atoms with van der Waals surface area (Å²) < 4.78 is 0. The highest BCUT2D eigenvalue weighted by Crippen LogP contribution is 2.42. The van der Waals surface area contributed by atoms with Crippen LogP contribution in [0, 0.1) is 6.92 Å². The van der Waals surface area contributed by atoms with Crippen molar-refractivity contribution >= 4 is 11.0 Å². The molecule has 5 rings (SSSR count). The molecule has 0 fully saturated rings. The van der Waals surface area contributed by atoms with Gasteiger partial charge in [0.1, 0.15) is 5.82 Å². The van der Waals surface area contributed by atoms with Gasteiger partial charge in [0.05, 0.1) is 11.0 Å². The molecule has 0 saturated carbocycles. The number of para-hydroxylation sites is 1. The van der Waals surface area contributed by atoms with Crippen LogP contribution in [0.3, 0.4) is 0 Å². The molecule has 0 atom stereocenters. The van der Waals surface area contributed by atoms with E-state index in [0.717, 1.165) is 23.3 Å². The van der Waals surface area contributed by atoms with Crippen LogP contribution in [0.5, 0.6) is 0 Å². The standard InChI is InChI=1S/C21H16N2/c1-13-6-4-11-18-20(13)23-21(22-18)17-10-5-8-15-12-14-7-2-3-9-16(14)19(15)17/h2-11H,12H2,1H3,(H,22,23). The van der Waals surface area contributed by atoms with Gasteiger partial charge in [-0.15, -0.1) is 0 Å². The summed E-state index contributed by atoms with van der Waals surface area (Å²) in [6.45, 7) is 2.11. The number of H-pyrrole nitrogens is 1. The Balaban J connectivity index is 1.80.